The van der Waals surface area contributed by atoms with Crippen LogP contribution in [0, 0.1) is 40.9 Å². The third-order valence-corrected chi connectivity index (χ3v) is 5.54. The molecule has 1 saturated carbocycles. The molecular formula is C23H23F5O3. The maximum Gasteiger partial charge on any atom is 0.349 e. The largest absolute Gasteiger partial charge is 0.493 e. The average Bonchev–Trinajstić information content (AvgIpc) is 2.71. The molecule has 1 aliphatic carbocycles. The highest BCUT2D eigenvalue weighted by Crippen LogP contribution is 2.32. The highest BCUT2D eigenvalue weighted by atomic mass is 19.2. The van der Waals surface area contributed by atoms with Gasteiger partial charge in [0.1, 0.15) is 28.7 Å². The van der Waals surface area contributed by atoms with Gasteiger partial charge >= 0.3 is 5.97 Å². The molecule has 0 amide bonds. The van der Waals surface area contributed by atoms with Crippen LogP contribution in [-0.2, 0) is 0 Å². The van der Waals surface area contributed by atoms with Crippen molar-refractivity contribution in [3.63, 3.8) is 0 Å². The molecule has 0 radical (unpaired) electrons. The predicted octanol–water partition coefficient (Wildman–Crippen LogP) is 6.59. The molecular weight excluding hydrogens is 419 g/mol. The highest BCUT2D eigenvalue weighted by Gasteiger charge is 2.24. The maximum absolute atomic E-state index is 14.4. The van der Waals surface area contributed by atoms with Gasteiger partial charge in [-0.05, 0) is 24.7 Å². The number of hydrogen-bond acceptors (Lipinski definition) is 3. The van der Waals surface area contributed by atoms with Crippen molar-refractivity contribution in [1.29, 1.82) is 0 Å². The molecule has 0 aliphatic heterocycles. The Bertz CT molecular complexity index is 893. The summed E-state index contributed by atoms with van der Waals surface area (Å²) >= 11 is 0. The van der Waals surface area contributed by atoms with Gasteiger partial charge in [0, 0.05) is 24.3 Å². The van der Waals surface area contributed by atoms with Crippen molar-refractivity contribution in [2.45, 2.75) is 45.4 Å². The van der Waals surface area contributed by atoms with Crippen molar-refractivity contribution >= 4 is 5.97 Å². The van der Waals surface area contributed by atoms with Crippen LogP contribution in [0.25, 0.3) is 0 Å². The van der Waals surface area contributed by atoms with Crippen LogP contribution in [0.5, 0.6) is 11.5 Å². The molecule has 1 aliphatic rings. The van der Waals surface area contributed by atoms with Gasteiger partial charge in [-0.1, -0.05) is 32.6 Å². The number of halogens is 5. The molecule has 0 saturated heterocycles. The first-order valence-electron chi connectivity index (χ1n) is 10.3. The van der Waals surface area contributed by atoms with Gasteiger partial charge < -0.3 is 9.47 Å². The van der Waals surface area contributed by atoms with Crippen LogP contribution in [0.15, 0.2) is 24.3 Å². The summed E-state index contributed by atoms with van der Waals surface area (Å²) in [5.74, 6) is -8.72. The fourth-order valence-electron chi connectivity index (χ4n) is 3.89. The lowest BCUT2D eigenvalue weighted by atomic mass is 9.80. The normalized spacial score (nSPS) is 18.6. The summed E-state index contributed by atoms with van der Waals surface area (Å²) in [6.07, 6.45) is 6.57. The summed E-state index contributed by atoms with van der Waals surface area (Å²) in [6.45, 7) is 2.48. The molecule has 0 unspecified atom stereocenters. The summed E-state index contributed by atoms with van der Waals surface area (Å²) in [5.41, 5.74) is -1.04. The minimum Gasteiger partial charge on any atom is -0.493 e. The van der Waals surface area contributed by atoms with Crippen LogP contribution < -0.4 is 9.47 Å². The number of ether oxygens (including phenoxy) is 2. The minimum absolute atomic E-state index is 0.0684. The van der Waals surface area contributed by atoms with Gasteiger partial charge in [-0.15, -0.1) is 0 Å². The Hall–Kier alpha value is -2.64. The van der Waals surface area contributed by atoms with Crippen molar-refractivity contribution in [1.82, 2.24) is 0 Å². The second kappa shape index (κ2) is 10.1. The van der Waals surface area contributed by atoms with E-state index in [2.05, 4.69) is 11.7 Å². The number of carbonyl (C=O) groups excluding carboxylic acids is 1. The van der Waals surface area contributed by atoms with Gasteiger partial charge in [0.25, 0.3) is 0 Å². The van der Waals surface area contributed by atoms with Crippen molar-refractivity contribution in [3.05, 3.63) is 58.9 Å². The molecule has 0 spiro atoms. The Kier molecular flexibility index (Phi) is 7.51. The Morgan fingerprint density at radius 1 is 0.839 bits per heavy atom. The Morgan fingerprint density at radius 2 is 1.35 bits per heavy atom. The van der Waals surface area contributed by atoms with Crippen LogP contribution >= 0.6 is 0 Å². The smallest absolute Gasteiger partial charge is 0.349 e. The number of hydrogen-bond donors (Lipinski definition) is 0. The van der Waals surface area contributed by atoms with E-state index < -0.39 is 46.4 Å². The van der Waals surface area contributed by atoms with Gasteiger partial charge in [0.05, 0.1) is 6.61 Å². The molecule has 0 N–H and O–H groups in total. The number of rotatable bonds is 7. The minimum atomic E-state index is -1.75. The quantitative estimate of drug-likeness (QED) is 0.210. The van der Waals surface area contributed by atoms with Crippen LogP contribution in [-0.4, -0.2) is 12.6 Å². The topological polar surface area (TPSA) is 35.5 Å². The number of esters is 1. The van der Waals surface area contributed by atoms with Gasteiger partial charge in [-0.2, -0.15) is 0 Å². The van der Waals surface area contributed by atoms with Crippen LogP contribution in [0.3, 0.4) is 0 Å². The van der Waals surface area contributed by atoms with Crippen LogP contribution in [0.4, 0.5) is 22.0 Å². The molecule has 1 fully saturated rings. The summed E-state index contributed by atoms with van der Waals surface area (Å²) in [4.78, 5) is 12.1. The van der Waals surface area contributed by atoms with Crippen LogP contribution in [0.2, 0.25) is 0 Å². The van der Waals surface area contributed by atoms with E-state index in [9.17, 15) is 26.7 Å². The second-order valence-electron chi connectivity index (χ2n) is 7.84. The van der Waals surface area contributed by atoms with Crippen molar-refractivity contribution in [2.24, 2.45) is 11.8 Å². The lowest BCUT2D eigenvalue weighted by Gasteiger charge is -2.28. The molecule has 168 valence electrons. The first kappa shape index (κ1) is 23.0. The Morgan fingerprint density at radius 3 is 1.90 bits per heavy atom. The Labute approximate surface area is 177 Å². The molecule has 0 aromatic heterocycles. The zero-order chi connectivity index (χ0) is 22.5. The van der Waals surface area contributed by atoms with Crippen LogP contribution in [0.1, 0.15) is 55.8 Å². The third-order valence-electron chi connectivity index (χ3n) is 5.54. The zero-order valence-corrected chi connectivity index (χ0v) is 17.0. The van der Waals surface area contributed by atoms with Gasteiger partial charge in [0.15, 0.2) is 17.5 Å². The van der Waals surface area contributed by atoms with E-state index in [1.165, 1.54) is 6.42 Å². The maximum atomic E-state index is 14.4. The van der Waals surface area contributed by atoms with Crippen molar-refractivity contribution in [3.8, 4) is 11.5 Å². The first-order valence-corrected chi connectivity index (χ1v) is 10.3. The molecule has 3 rings (SSSR count). The van der Waals surface area contributed by atoms with E-state index >= 15 is 0 Å². The average molecular weight is 442 g/mol. The van der Waals surface area contributed by atoms with E-state index in [-0.39, 0.29) is 5.75 Å². The summed E-state index contributed by atoms with van der Waals surface area (Å²) in [5, 5.41) is 0. The first-order chi connectivity index (χ1) is 14.8. The van der Waals surface area contributed by atoms with Gasteiger partial charge in [0.2, 0.25) is 0 Å². The fourth-order valence-corrected chi connectivity index (χ4v) is 3.89. The number of carbonyl (C=O) groups is 1. The lowest BCUT2D eigenvalue weighted by Crippen LogP contribution is -2.20. The lowest BCUT2D eigenvalue weighted by molar-refractivity contribution is 0.0723. The molecule has 3 nitrogen and oxygen atoms in total. The third kappa shape index (κ3) is 5.74. The number of benzene rings is 2. The predicted molar refractivity (Wildman–Crippen MR) is 103 cm³/mol. The molecule has 0 heterocycles. The Balaban J connectivity index is 1.63. The second-order valence-corrected chi connectivity index (χ2v) is 7.84. The monoisotopic (exact) mass is 442 g/mol. The van der Waals surface area contributed by atoms with Gasteiger partial charge in [-0.25, -0.2) is 26.7 Å². The van der Waals surface area contributed by atoms with Gasteiger partial charge in [-0.3, -0.25) is 0 Å². The SMILES string of the molecule is CCCC1CCC(COc2cc(F)c(C(=O)Oc3cc(F)c(F)c(F)c3)c(F)c2)CC1. The van der Waals surface area contributed by atoms with E-state index in [0.717, 1.165) is 50.2 Å². The molecule has 2 aromatic carbocycles. The highest BCUT2D eigenvalue weighted by molar-refractivity contribution is 5.91. The molecule has 31 heavy (non-hydrogen) atoms. The standard InChI is InChI=1S/C23H23F5O3/c1-2-3-13-4-6-14(7-5-13)12-30-15-8-17(24)21(18(25)9-15)23(29)31-16-10-19(26)22(28)20(27)11-16/h8-11,13-14H,2-7,12H2,1H3. The molecule has 0 bridgehead atoms. The molecule has 8 heteroatoms. The molecule has 0 atom stereocenters. The van der Waals surface area contributed by atoms with E-state index in [1.54, 1.807) is 0 Å². The summed E-state index contributed by atoms with van der Waals surface area (Å²) in [6, 6.07) is 2.51. The summed E-state index contributed by atoms with van der Waals surface area (Å²) in [7, 11) is 0. The van der Waals surface area contributed by atoms with E-state index in [0.29, 0.717) is 24.7 Å². The van der Waals surface area contributed by atoms with Crippen molar-refractivity contribution in [2.75, 3.05) is 6.61 Å². The molecule has 2 aromatic rings. The summed E-state index contributed by atoms with van der Waals surface area (Å²) < 4.78 is 78.3. The zero-order valence-electron chi connectivity index (χ0n) is 17.0. The fraction of sp³-hybridized carbons (Fsp3) is 0.435. The van der Waals surface area contributed by atoms with Crippen molar-refractivity contribution < 1.29 is 36.2 Å². The van der Waals surface area contributed by atoms with E-state index in [1.807, 2.05) is 0 Å². The van der Waals surface area contributed by atoms with E-state index in [4.69, 9.17) is 4.74 Å².